The van der Waals surface area contributed by atoms with Crippen molar-refractivity contribution in [2.75, 3.05) is 59.4 Å². The molecule has 1 N–H and O–H groups in total. The van der Waals surface area contributed by atoms with Crippen molar-refractivity contribution in [3.8, 4) is 0 Å². The van der Waals surface area contributed by atoms with Gasteiger partial charge in [-0.05, 0) is 0 Å². The average Bonchev–Trinajstić information content (AvgIpc) is 2.94. The van der Waals surface area contributed by atoms with Crippen LogP contribution in [0.25, 0.3) is 0 Å². The molecule has 0 radical (unpaired) electrons. The highest BCUT2D eigenvalue weighted by molar-refractivity contribution is 6.01. The predicted octanol–water partition coefficient (Wildman–Crippen LogP) is 0.0811. The van der Waals surface area contributed by atoms with Crippen LogP contribution in [0.2, 0.25) is 0 Å². The molecule has 1 saturated heterocycles. The van der Waals surface area contributed by atoms with E-state index in [1.54, 1.807) is 0 Å². The topological polar surface area (TPSA) is 137 Å². The Labute approximate surface area is 151 Å². The van der Waals surface area contributed by atoms with Crippen LogP contribution in [0.15, 0.2) is 5.11 Å². The predicted molar refractivity (Wildman–Crippen MR) is 85.1 cm³/mol. The van der Waals surface area contributed by atoms with E-state index in [1.165, 1.54) is 0 Å². The standard InChI is InChI=1S/C15H25N3O8/c16-17-4-6-23-8-10-25-12-11-24-9-7-22-5-3-15(21)26-18-13(19)1-2-14(18)20/h16H,1-12H2. The lowest BCUT2D eigenvalue weighted by atomic mass is 10.4. The molecule has 0 atom stereocenters. The fourth-order valence-corrected chi connectivity index (χ4v) is 1.83. The molecule has 0 aliphatic carbocycles. The molecule has 0 aromatic heterocycles. The highest BCUT2D eigenvalue weighted by Gasteiger charge is 2.32. The van der Waals surface area contributed by atoms with Crippen molar-refractivity contribution in [2.45, 2.75) is 19.3 Å². The Morgan fingerprint density at radius 2 is 1.31 bits per heavy atom. The zero-order valence-electron chi connectivity index (χ0n) is 14.6. The lowest BCUT2D eigenvalue weighted by molar-refractivity contribution is -0.198. The van der Waals surface area contributed by atoms with Gasteiger partial charge in [0.15, 0.2) is 0 Å². The number of hydrogen-bond donors (Lipinski definition) is 1. The SMILES string of the molecule is N=NCCOCCOCCOCCOCCC(=O)ON1C(=O)CCC1=O. The molecule has 1 rings (SSSR count). The van der Waals surface area contributed by atoms with Crippen molar-refractivity contribution in [1.82, 2.24) is 5.06 Å². The minimum Gasteiger partial charge on any atom is -0.378 e. The van der Waals surface area contributed by atoms with Crippen molar-refractivity contribution in [2.24, 2.45) is 5.11 Å². The van der Waals surface area contributed by atoms with Gasteiger partial charge in [-0.15, -0.1) is 5.06 Å². The molecule has 26 heavy (non-hydrogen) atoms. The summed E-state index contributed by atoms with van der Waals surface area (Å²) in [6.45, 7) is 3.26. The molecule has 1 aliphatic rings. The number of imide groups is 1. The van der Waals surface area contributed by atoms with E-state index >= 15 is 0 Å². The average molecular weight is 375 g/mol. The normalized spacial score (nSPS) is 14.1. The van der Waals surface area contributed by atoms with Crippen molar-refractivity contribution in [3.05, 3.63) is 0 Å². The van der Waals surface area contributed by atoms with Crippen LogP contribution in [-0.4, -0.2) is 82.2 Å². The summed E-state index contributed by atoms with van der Waals surface area (Å²) in [7, 11) is 0. The second kappa shape index (κ2) is 14.2. The van der Waals surface area contributed by atoms with Gasteiger partial charge in [0.2, 0.25) is 0 Å². The number of rotatable bonds is 16. The van der Waals surface area contributed by atoms with Crippen LogP contribution in [0.3, 0.4) is 0 Å². The van der Waals surface area contributed by atoms with Gasteiger partial charge in [0.05, 0.1) is 65.8 Å². The quantitative estimate of drug-likeness (QED) is 0.227. The molecule has 0 spiro atoms. The molecule has 0 bridgehead atoms. The highest BCUT2D eigenvalue weighted by Crippen LogP contribution is 2.12. The number of nitrogens with zero attached hydrogens (tertiary/aromatic N) is 2. The van der Waals surface area contributed by atoms with Crippen molar-refractivity contribution >= 4 is 17.8 Å². The first-order chi connectivity index (χ1) is 12.6. The molecular formula is C15H25N3O8. The van der Waals surface area contributed by atoms with Gasteiger partial charge in [-0.25, -0.2) is 10.3 Å². The van der Waals surface area contributed by atoms with E-state index in [-0.39, 0.29) is 25.9 Å². The molecule has 0 saturated carbocycles. The molecule has 1 aliphatic heterocycles. The molecule has 11 heteroatoms. The summed E-state index contributed by atoms with van der Waals surface area (Å²) in [4.78, 5) is 38.7. The number of nitrogens with one attached hydrogen (secondary N) is 1. The highest BCUT2D eigenvalue weighted by atomic mass is 16.7. The van der Waals surface area contributed by atoms with Crippen molar-refractivity contribution in [3.63, 3.8) is 0 Å². The molecule has 0 aromatic rings. The lowest BCUT2D eigenvalue weighted by Gasteiger charge is -2.12. The molecule has 1 heterocycles. The van der Waals surface area contributed by atoms with Gasteiger partial charge in [0.1, 0.15) is 0 Å². The fraction of sp³-hybridized carbons (Fsp3) is 0.800. The molecule has 11 nitrogen and oxygen atoms in total. The Morgan fingerprint density at radius 3 is 1.81 bits per heavy atom. The molecule has 1 fully saturated rings. The Hall–Kier alpha value is -1.95. The number of ether oxygens (including phenoxy) is 4. The van der Waals surface area contributed by atoms with E-state index in [1.807, 2.05) is 0 Å². The fourth-order valence-electron chi connectivity index (χ4n) is 1.83. The number of hydroxylamine groups is 2. The first-order valence-electron chi connectivity index (χ1n) is 8.36. The maximum absolute atomic E-state index is 11.5. The molecular weight excluding hydrogens is 350 g/mol. The molecule has 2 amide bonds. The molecule has 148 valence electrons. The van der Waals surface area contributed by atoms with Crippen LogP contribution >= 0.6 is 0 Å². The minimum atomic E-state index is -0.693. The van der Waals surface area contributed by atoms with Crippen molar-refractivity contribution < 1.29 is 38.2 Å². The van der Waals surface area contributed by atoms with Crippen LogP contribution < -0.4 is 0 Å². The molecule has 0 unspecified atom stereocenters. The summed E-state index contributed by atoms with van der Waals surface area (Å²) in [5.74, 6) is -1.70. The second-order valence-electron chi connectivity index (χ2n) is 5.13. The number of carbonyl (C=O) groups is 3. The van der Waals surface area contributed by atoms with E-state index in [2.05, 4.69) is 5.11 Å². The maximum Gasteiger partial charge on any atom is 0.335 e. The zero-order valence-corrected chi connectivity index (χ0v) is 14.6. The summed E-state index contributed by atoms with van der Waals surface area (Å²) < 4.78 is 20.9. The summed E-state index contributed by atoms with van der Waals surface area (Å²) >= 11 is 0. The van der Waals surface area contributed by atoms with Gasteiger partial charge in [0, 0.05) is 12.8 Å². The van der Waals surface area contributed by atoms with E-state index in [0.717, 1.165) is 0 Å². The van der Waals surface area contributed by atoms with Crippen LogP contribution in [0.5, 0.6) is 0 Å². The Morgan fingerprint density at radius 1 is 0.846 bits per heavy atom. The third kappa shape index (κ3) is 10.1. The van der Waals surface area contributed by atoms with E-state index < -0.39 is 17.8 Å². The first kappa shape index (κ1) is 22.1. The van der Waals surface area contributed by atoms with Gasteiger partial charge in [0.25, 0.3) is 11.8 Å². The molecule has 0 aromatic carbocycles. The van der Waals surface area contributed by atoms with Crippen LogP contribution in [0, 0.1) is 5.53 Å². The van der Waals surface area contributed by atoms with Gasteiger partial charge in [-0.2, -0.15) is 5.11 Å². The summed E-state index contributed by atoms with van der Waals surface area (Å²) in [6.07, 6.45) is 0.0749. The van der Waals surface area contributed by atoms with Gasteiger partial charge >= 0.3 is 5.97 Å². The third-order valence-electron chi connectivity index (χ3n) is 3.11. The first-order valence-corrected chi connectivity index (χ1v) is 8.36. The van der Waals surface area contributed by atoms with Gasteiger partial charge < -0.3 is 23.8 Å². The summed E-state index contributed by atoms with van der Waals surface area (Å²) in [5.41, 5.74) is 6.57. The zero-order chi connectivity index (χ0) is 19.0. The number of hydrogen-bond acceptors (Lipinski definition) is 10. The van der Waals surface area contributed by atoms with Crippen LogP contribution in [0.1, 0.15) is 19.3 Å². The minimum absolute atomic E-state index is 0.0618. The monoisotopic (exact) mass is 375 g/mol. The smallest absolute Gasteiger partial charge is 0.335 e. The largest absolute Gasteiger partial charge is 0.378 e. The third-order valence-corrected chi connectivity index (χ3v) is 3.11. The summed E-state index contributed by atoms with van der Waals surface area (Å²) in [5, 5.41) is 3.68. The van der Waals surface area contributed by atoms with Crippen LogP contribution in [0.4, 0.5) is 0 Å². The van der Waals surface area contributed by atoms with E-state index in [4.69, 9.17) is 29.3 Å². The van der Waals surface area contributed by atoms with Gasteiger partial charge in [-0.3, -0.25) is 9.59 Å². The number of carbonyl (C=O) groups excluding carboxylic acids is 3. The number of amides is 2. The maximum atomic E-state index is 11.5. The second-order valence-corrected chi connectivity index (χ2v) is 5.13. The lowest BCUT2D eigenvalue weighted by Crippen LogP contribution is -2.32. The van der Waals surface area contributed by atoms with Gasteiger partial charge in [-0.1, -0.05) is 0 Å². The van der Waals surface area contributed by atoms with E-state index in [0.29, 0.717) is 57.9 Å². The summed E-state index contributed by atoms with van der Waals surface area (Å²) in [6, 6.07) is 0. The Bertz CT molecular complexity index is 444. The van der Waals surface area contributed by atoms with Crippen LogP contribution in [-0.2, 0) is 38.2 Å². The Kier molecular flexibility index (Phi) is 12.1. The van der Waals surface area contributed by atoms with Crippen molar-refractivity contribution in [1.29, 1.82) is 5.53 Å². The Balaban J connectivity index is 1.83. The van der Waals surface area contributed by atoms with E-state index in [9.17, 15) is 14.4 Å².